The van der Waals surface area contributed by atoms with E-state index in [1.807, 2.05) is 79.0 Å². The Bertz CT molecular complexity index is 1300. The molecule has 2 heterocycles. The molecule has 0 aliphatic carbocycles. The zero-order chi connectivity index (χ0) is 22.1. The summed E-state index contributed by atoms with van der Waals surface area (Å²) < 4.78 is 0. The molecular formula is C25H22N4O2S. The van der Waals surface area contributed by atoms with Gasteiger partial charge in [0.05, 0.1) is 18.0 Å². The highest BCUT2D eigenvalue weighted by molar-refractivity contribution is 8.00. The first kappa shape index (κ1) is 20.2. The van der Waals surface area contributed by atoms with Crippen LogP contribution in [0.4, 0.5) is 21.9 Å². The number of rotatable bonds is 4. The molecule has 160 valence electrons. The maximum atomic E-state index is 12.9. The normalized spacial score (nSPS) is 13.2. The quantitative estimate of drug-likeness (QED) is 0.440. The van der Waals surface area contributed by atoms with E-state index in [0.717, 1.165) is 32.7 Å². The number of aromatic amines is 1. The van der Waals surface area contributed by atoms with Crippen LogP contribution < -0.4 is 15.1 Å². The van der Waals surface area contributed by atoms with E-state index in [1.54, 1.807) is 16.8 Å². The van der Waals surface area contributed by atoms with Crippen molar-refractivity contribution in [2.24, 2.45) is 0 Å². The molecule has 0 radical (unpaired) electrons. The minimum atomic E-state index is -0.250. The third kappa shape index (κ3) is 3.94. The second-order valence-electron chi connectivity index (χ2n) is 7.68. The SMILES string of the molecule is CN(C(=O)Nc1ccc2c(c1)N(Cc1ccccc1)C(=O)CS2)c1ccc2cc[nH]c2c1. The van der Waals surface area contributed by atoms with Crippen LogP contribution in [-0.2, 0) is 11.3 Å². The van der Waals surface area contributed by atoms with Crippen molar-refractivity contribution in [3.63, 3.8) is 0 Å². The number of H-pyrrole nitrogens is 1. The summed E-state index contributed by atoms with van der Waals surface area (Å²) in [4.78, 5) is 33.2. The second kappa shape index (κ2) is 8.43. The lowest BCUT2D eigenvalue weighted by molar-refractivity contribution is -0.116. The summed E-state index contributed by atoms with van der Waals surface area (Å²) in [5.41, 5.74) is 4.29. The van der Waals surface area contributed by atoms with Gasteiger partial charge in [-0.05, 0) is 47.3 Å². The molecule has 7 heteroatoms. The molecule has 0 spiro atoms. The van der Waals surface area contributed by atoms with Gasteiger partial charge in [-0.15, -0.1) is 11.8 Å². The Balaban J connectivity index is 1.37. The number of amides is 3. The summed E-state index contributed by atoms with van der Waals surface area (Å²) in [6.45, 7) is 0.501. The zero-order valence-electron chi connectivity index (χ0n) is 17.5. The molecule has 2 N–H and O–H groups in total. The molecule has 5 rings (SSSR count). The fourth-order valence-electron chi connectivity index (χ4n) is 3.79. The van der Waals surface area contributed by atoms with Gasteiger partial charge in [-0.1, -0.05) is 36.4 Å². The summed E-state index contributed by atoms with van der Waals surface area (Å²) in [6.07, 6.45) is 1.88. The van der Waals surface area contributed by atoms with Crippen molar-refractivity contribution >= 4 is 51.7 Å². The van der Waals surface area contributed by atoms with Crippen LogP contribution in [0.5, 0.6) is 0 Å². The molecule has 3 aromatic carbocycles. The number of carbonyl (C=O) groups excluding carboxylic acids is 2. The molecule has 3 amide bonds. The van der Waals surface area contributed by atoms with E-state index in [-0.39, 0.29) is 11.9 Å². The fraction of sp³-hybridized carbons (Fsp3) is 0.120. The van der Waals surface area contributed by atoms with Gasteiger partial charge in [0.1, 0.15) is 0 Å². The molecule has 0 atom stereocenters. The standard InChI is InChI=1S/C25H22N4O2S/c1-28(20-9-7-18-11-12-26-21(18)14-20)25(31)27-19-8-10-23-22(13-19)29(24(30)16-32-23)15-17-5-3-2-4-6-17/h2-14,26H,15-16H2,1H3,(H,27,31). The number of carbonyl (C=O) groups is 2. The van der Waals surface area contributed by atoms with Crippen LogP contribution in [-0.4, -0.2) is 29.7 Å². The van der Waals surface area contributed by atoms with Crippen molar-refractivity contribution in [1.29, 1.82) is 0 Å². The predicted octanol–water partition coefficient (Wildman–Crippen LogP) is 5.48. The van der Waals surface area contributed by atoms with E-state index in [4.69, 9.17) is 0 Å². The number of anilines is 3. The average Bonchev–Trinajstić information content (AvgIpc) is 3.29. The maximum Gasteiger partial charge on any atom is 0.326 e. The number of benzene rings is 3. The molecule has 0 fully saturated rings. The van der Waals surface area contributed by atoms with Gasteiger partial charge in [-0.2, -0.15) is 0 Å². The average molecular weight is 443 g/mol. The van der Waals surface area contributed by atoms with Gasteiger partial charge in [0.2, 0.25) is 5.91 Å². The second-order valence-corrected chi connectivity index (χ2v) is 8.69. The Morgan fingerprint density at radius 2 is 1.94 bits per heavy atom. The number of urea groups is 1. The molecule has 1 aliphatic heterocycles. The van der Waals surface area contributed by atoms with E-state index in [9.17, 15) is 9.59 Å². The van der Waals surface area contributed by atoms with Gasteiger partial charge in [0.25, 0.3) is 0 Å². The van der Waals surface area contributed by atoms with Crippen LogP contribution in [0.1, 0.15) is 5.56 Å². The molecular weight excluding hydrogens is 420 g/mol. The summed E-state index contributed by atoms with van der Waals surface area (Å²) in [6, 6.07) is 23.2. The van der Waals surface area contributed by atoms with Gasteiger partial charge < -0.3 is 15.2 Å². The summed E-state index contributed by atoms with van der Waals surface area (Å²) in [5, 5.41) is 4.06. The van der Waals surface area contributed by atoms with Crippen molar-refractivity contribution in [3.8, 4) is 0 Å². The summed E-state index contributed by atoms with van der Waals surface area (Å²) in [5.74, 6) is 0.473. The number of nitrogens with one attached hydrogen (secondary N) is 2. The molecule has 0 saturated heterocycles. The van der Waals surface area contributed by atoms with Crippen molar-refractivity contribution in [2.75, 3.05) is 27.9 Å². The molecule has 0 bridgehead atoms. The van der Waals surface area contributed by atoms with Gasteiger partial charge in [0.15, 0.2) is 0 Å². The zero-order valence-corrected chi connectivity index (χ0v) is 18.4. The smallest absolute Gasteiger partial charge is 0.326 e. The monoisotopic (exact) mass is 442 g/mol. The van der Waals surface area contributed by atoms with Gasteiger partial charge >= 0.3 is 6.03 Å². The maximum absolute atomic E-state index is 12.9. The molecule has 0 saturated carbocycles. The Hall–Kier alpha value is -3.71. The Labute approximate surface area is 190 Å². The summed E-state index contributed by atoms with van der Waals surface area (Å²) >= 11 is 1.53. The number of fused-ring (bicyclic) bond motifs is 2. The minimum absolute atomic E-state index is 0.0613. The third-order valence-electron chi connectivity index (χ3n) is 5.57. The first-order valence-corrected chi connectivity index (χ1v) is 11.3. The van der Waals surface area contributed by atoms with Crippen LogP contribution >= 0.6 is 11.8 Å². The molecule has 1 aliphatic rings. The number of hydrogen-bond acceptors (Lipinski definition) is 3. The first-order chi connectivity index (χ1) is 15.6. The van der Waals surface area contributed by atoms with E-state index >= 15 is 0 Å². The van der Waals surface area contributed by atoms with Crippen molar-refractivity contribution < 1.29 is 9.59 Å². The lowest BCUT2D eigenvalue weighted by atomic mass is 10.2. The third-order valence-corrected chi connectivity index (χ3v) is 6.61. The Morgan fingerprint density at radius 3 is 2.78 bits per heavy atom. The number of nitrogens with zero attached hydrogens (tertiary/aromatic N) is 2. The van der Waals surface area contributed by atoms with Crippen LogP contribution in [0.2, 0.25) is 0 Å². The number of aromatic nitrogens is 1. The topological polar surface area (TPSA) is 68.4 Å². The van der Waals surface area contributed by atoms with Gasteiger partial charge in [-0.3, -0.25) is 9.69 Å². The molecule has 1 aromatic heterocycles. The lowest BCUT2D eigenvalue weighted by Gasteiger charge is -2.29. The Morgan fingerprint density at radius 1 is 1.09 bits per heavy atom. The summed E-state index contributed by atoms with van der Waals surface area (Å²) in [7, 11) is 1.74. The number of hydrogen-bond donors (Lipinski definition) is 2. The molecule has 6 nitrogen and oxygen atoms in total. The fourth-order valence-corrected chi connectivity index (χ4v) is 4.70. The van der Waals surface area contributed by atoms with Crippen molar-refractivity contribution in [2.45, 2.75) is 11.4 Å². The highest BCUT2D eigenvalue weighted by atomic mass is 32.2. The van der Waals surface area contributed by atoms with E-state index in [1.165, 1.54) is 11.8 Å². The minimum Gasteiger partial charge on any atom is -0.361 e. The molecule has 0 unspecified atom stereocenters. The van der Waals surface area contributed by atoms with Crippen molar-refractivity contribution in [1.82, 2.24) is 4.98 Å². The Kier molecular flexibility index (Phi) is 5.33. The van der Waals surface area contributed by atoms with E-state index in [0.29, 0.717) is 18.0 Å². The van der Waals surface area contributed by atoms with Crippen molar-refractivity contribution in [3.05, 3.63) is 84.6 Å². The van der Waals surface area contributed by atoms with Gasteiger partial charge in [-0.25, -0.2) is 4.79 Å². The molecule has 32 heavy (non-hydrogen) atoms. The van der Waals surface area contributed by atoms with Crippen LogP contribution in [0.3, 0.4) is 0 Å². The highest BCUT2D eigenvalue weighted by Gasteiger charge is 2.25. The van der Waals surface area contributed by atoms with Crippen LogP contribution in [0, 0.1) is 0 Å². The van der Waals surface area contributed by atoms with Crippen LogP contribution in [0.25, 0.3) is 10.9 Å². The van der Waals surface area contributed by atoms with Gasteiger partial charge in [0, 0.05) is 35.0 Å². The lowest BCUT2D eigenvalue weighted by Crippen LogP contribution is -2.35. The highest BCUT2D eigenvalue weighted by Crippen LogP contribution is 2.38. The number of thioether (sulfide) groups is 1. The molecule has 4 aromatic rings. The van der Waals surface area contributed by atoms with E-state index in [2.05, 4.69) is 10.3 Å². The predicted molar refractivity (Wildman–Crippen MR) is 131 cm³/mol. The largest absolute Gasteiger partial charge is 0.361 e. The van der Waals surface area contributed by atoms with Crippen LogP contribution in [0.15, 0.2) is 83.9 Å². The first-order valence-electron chi connectivity index (χ1n) is 10.3. The van der Waals surface area contributed by atoms with E-state index < -0.39 is 0 Å².